The lowest BCUT2D eigenvalue weighted by Crippen LogP contribution is -2.27. The molecule has 0 aliphatic heterocycles. The van der Waals surface area contributed by atoms with E-state index >= 15 is 0 Å². The van der Waals surface area contributed by atoms with Crippen molar-refractivity contribution in [3.63, 3.8) is 0 Å². The van der Waals surface area contributed by atoms with E-state index in [-0.39, 0.29) is 22.5 Å². The molecule has 0 saturated heterocycles. The molecule has 2 aromatic heterocycles. The molecule has 2 aromatic rings. The van der Waals surface area contributed by atoms with Crippen molar-refractivity contribution in [3.8, 4) is 0 Å². The van der Waals surface area contributed by atoms with Crippen molar-refractivity contribution < 1.29 is 4.79 Å². The van der Waals surface area contributed by atoms with Crippen LogP contribution < -0.4 is 0 Å². The van der Waals surface area contributed by atoms with E-state index in [9.17, 15) is 4.79 Å². The number of rotatable bonds is 4. The van der Waals surface area contributed by atoms with Gasteiger partial charge in [-0.25, -0.2) is 15.0 Å². The molecule has 0 bridgehead atoms. The molecule has 0 atom stereocenters. The largest absolute Gasteiger partial charge is 0.335 e. The Morgan fingerprint density at radius 2 is 2.14 bits per heavy atom. The molecular weight excluding hydrogens is 308 g/mol. The van der Waals surface area contributed by atoms with Crippen LogP contribution in [0.1, 0.15) is 46.6 Å². The van der Waals surface area contributed by atoms with Gasteiger partial charge in [-0.1, -0.05) is 25.4 Å². The highest BCUT2D eigenvalue weighted by atomic mass is 35.5. The first kappa shape index (κ1) is 15.9. The molecule has 0 aliphatic carbocycles. The van der Waals surface area contributed by atoms with E-state index in [2.05, 4.69) is 15.0 Å². The van der Waals surface area contributed by atoms with Crippen molar-refractivity contribution in [2.75, 3.05) is 7.05 Å². The predicted octanol–water partition coefficient (Wildman–Crippen LogP) is 3.29. The highest BCUT2D eigenvalue weighted by Crippen LogP contribution is 2.20. The van der Waals surface area contributed by atoms with Crippen molar-refractivity contribution in [2.45, 2.75) is 33.2 Å². The Labute approximate surface area is 133 Å². The molecule has 0 aliphatic rings. The average Bonchev–Trinajstić information content (AvgIpc) is 2.83. The van der Waals surface area contributed by atoms with E-state index in [1.54, 1.807) is 17.5 Å². The third kappa shape index (κ3) is 3.57. The van der Waals surface area contributed by atoms with Crippen LogP contribution in [0.5, 0.6) is 0 Å². The number of hydrogen-bond acceptors (Lipinski definition) is 5. The van der Waals surface area contributed by atoms with Gasteiger partial charge in [-0.2, -0.15) is 0 Å². The zero-order valence-corrected chi connectivity index (χ0v) is 14.0. The third-order valence-electron chi connectivity index (χ3n) is 3.05. The lowest BCUT2D eigenvalue weighted by Gasteiger charge is -2.17. The van der Waals surface area contributed by atoms with E-state index in [0.717, 1.165) is 10.6 Å². The molecule has 0 aromatic carbocycles. The Morgan fingerprint density at radius 1 is 1.43 bits per heavy atom. The van der Waals surface area contributed by atoms with Crippen LogP contribution in [0.15, 0.2) is 11.7 Å². The lowest BCUT2D eigenvalue weighted by molar-refractivity contribution is 0.0780. The smallest absolute Gasteiger partial charge is 0.274 e. The van der Waals surface area contributed by atoms with E-state index in [1.807, 2.05) is 20.8 Å². The lowest BCUT2D eigenvalue weighted by atomic mass is 10.2. The van der Waals surface area contributed by atoms with Gasteiger partial charge in [0.05, 0.1) is 29.0 Å². The maximum Gasteiger partial charge on any atom is 0.274 e. The fraction of sp³-hybridized carbons (Fsp3) is 0.429. The minimum Gasteiger partial charge on any atom is -0.335 e. The van der Waals surface area contributed by atoms with Crippen molar-refractivity contribution in [1.82, 2.24) is 19.9 Å². The Hall–Kier alpha value is -1.53. The molecule has 0 saturated carbocycles. The van der Waals surface area contributed by atoms with Gasteiger partial charge in [0.25, 0.3) is 5.91 Å². The normalized spacial score (nSPS) is 11.0. The molecule has 0 fully saturated rings. The van der Waals surface area contributed by atoms with Gasteiger partial charge in [-0.05, 0) is 6.92 Å². The minimum absolute atomic E-state index is 0.142. The Kier molecular flexibility index (Phi) is 4.90. The number of carbonyl (C=O) groups is 1. The van der Waals surface area contributed by atoms with Crippen molar-refractivity contribution in [3.05, 3.63) is 38.8 Å². The first-order valence-corrected chi connectivity index (χ1v) is 7.82. The summed E-state index contributed by atoms with van der Waals surface area (Å²) in [5.41, 5.74) is 2.97. The summed E-state index contributed by atoms with van der Waals surface area (Å²) in [6.45, 7) is 6.37. The quantitative estimate of drug-likeness (QED) is 0.866. The summed E-state index contributed by atoms with van der Waals surface area (Å²) < 4.78 is 0. The van der Waals surface area contributed by atoms with Crippen molar-refractivity contribution in [1.29, 1.82) is 0 Å². The molecule has 2 rings (SSSR count). The fourth-order valence-electron chi connectivity index (χ4n) is 1.75. The molecule has 5 nitrogen and oxygen atoms in total. The molecule has 112 valence electrons. The van der Waals surface area contributed by atoms with Crippen LogP contribution in [0.25, 0.3) is 0 Å². The first-order valence-electron chi connectivity index (χ1n) is 6.57. The second-order valence-electron chi connectivity index (χ2n) is 5.10. The molecule has 2 heterocycles. The van der Waals surface area contributed by atoms with Crippen molar-refractivity contribution in [2.24, 2.45) is 0 Å². The van der Waals surface area contributed by atoms with E-state index in [0.29, 0.717) is 12.4 Å². The number of hydrogen-bond donors (Lipinski definition) is 0. The molecule has 0 unspecified atom stereocenters. The molecule has 1 amide bonds. The summed E-state index contributed by atoms with van der Waals surface area (Å²) in [6.07, 6.45) is 1.49. The number of carbonyl (C=O) groups excluding carboxylic acids is 1. The molecule has 21 heavy (non-hydrogen) atoms. The standard InChI is InChI=1S/C14H17ClN4OS/c1-8(2)13-16-5-10(15)12(18-13)14(20)19(4)6-11-9(3)17-7-21-11/h5,7-8H,6H2,1-4H3. The van der Waals surface area contributed by atoms with Gasteiger partial charge in [0, 0.05) is 17.8 Å². The van der Waals surface area contributed by atoms with Gasteiger partial charge in [0.15, 0.2) is 5.69 Å². The van der Waals surface area contributed by atoms with Gasteiger partial charge >= 0.3 is 0 Å². The van der Waals surface area contributed by atoms with E-state index < -0.39 is 0 Å². The molecule has 0 N–H and O–H groups in total. The Balaban J connectivity index is 2.23. The highest BCUT2D eigenvalue weighted by Gasteiger charge is 2.20. The van der Waals surface area contributed by atoms with Crippen LogP contribution >= 0.6 is 22.9 Å². The van der Waals surface area contributed by atoms with Crippen LogP contribution in [-0.2, 0) is 6.54 Å². The predicted molar refractivity (Wildman–Crippen MR) is 83.8 cm³/mol. The zero-order chi connectivity index (χ0) is 15.6. The second kappa shape index (κ2) is 6.49. The van der Waals surface area contributed by atoms with Gasteiger partial charge in [-0.3, -0.25) is 4.79 Å². The van der Waals surface area contributed by atoms with Gasteiger partial charge in [0.1, 0.15) is 5.82 Å². The monoisotopic (exact) mass is 324 g/mol. The van der Waals surface area contributed by atoms with Crippen molar-refractivity contribution >= 4 is 28.8 Å². The summed E-state index contributed by atoms with van der Waals surface area (Å²) in [5, 5.41) is 0.275. The maximum atomic E-state index is 12.5. The number of thiazole rings is 1. The van der Waals surface area contributed by atoms with Crippen LogP contribution in [0, 0.1) is 6.92 Å². The molecule has 0 radical (unpaired) electrons. The number of aromatic nitrogens is 3. The first-order chi connectivity index (χ1) is 9.90. The van der Waals surface area contributed by atoms with Gasteiger partial charge < -0.3 is 4.90 Å². The Bertz CT molecular complexity index is 656. The van der Waals surface area contributed by atoms with Crippen LogP contribution in [0.4, 0.5) is 0 Å². The number of nitrogens with zero attached hydrogens (tertiary/aromatic N) is 4. The van der Waals surface area contributed by atoms with Gasteiger partial charge in [0.2, 0.25) is 0 Å². The third-order valence-corrected chi connectivity index (χ3v) is 4.25. The zero-order valence-electron chi connectivity index (χ0n) is 12.4. The number of amides is 1. The fourth-order valence-corrected chi connectivity index (χ4v) is 2.76. The summed E-state index contributed by atoms with van der Waals surface area (Å²) in [4.78, 5) is 27.8. The summed E-state index contributed by atoms with van der Waals surface area (Å²) >= 11 is 7.60. The minimum atomic E-state index is -0.211. The number of aryl methyl sites for hydroxylation is 1. The average molecular weight is 325 g/mol. The van der Waals surface area contributed by atoms with Gasteiger partial charge in [-0.15, -0.1) is 11.3 Å². The molecule has 0 spiro atoms. The van der Waals surface area contributed by atoms with E-state index in [4.69, 9.17) is 11.6 Å². The summed E-state index contributed by atoms with van der Waals surface area (Å²) in [7, 11) is 1.73. The van der Waals surface area contributed by atoms with Crippen LogP contribution in [0.2, 0.25) is 5.02 Å². The SMILES string of the molecule is Cc1ncsc1CN(C)C(=O)c1nc(C(C)C)ncc1Cl. The number of halogens is 1. The summed E-state index contributed by atoms with van der Waals surface area (Å²) in [6, 6.07) is 0. The summed E-state index contributed by atoms with van der Waals surface area (Å²) in [5.74, 6) is 0.546. The molecular formula is C14H17ClN4OS. The maximum absolute atomic E-state index is 12.5. The Morgan fingerprint density at radius 3 is 2.71 bits per heavy atom. The van der Waals surface area contributed by atoms with Crippen LogP contribution in [-0.4, -0.2) is 32.8 Å². The van der Waals surface area contributed by atoms with E-state index in [1.165, 1.54) is 17.5 Å². The van der Waals surface area contributed by atoms with Crippen LogP contribution in [0.3, 0.4) is 0 Å². The highest BCUT2D eigenvalue weighted by molar-refractivity contribution is 7.09. The second-order valence-corrected chi connectivity index (χ2v) is 6.45. The molecule has 7 heteroatoms. The topological polar surface area (TPSA) is 59.0 Å².